The fourth-order valence-electron chi connectivity index (χ4n) is 7.88. The van der Waals surface area contributed by atoms with Gasteiger partial charge in [-0.15, -0.1) is 28.6 Å². The number of anilines is 1. The number of rotatable bonds is 12. The van der Waals surface area contributed by atoms with Crippen LogP contribution in [-0.4, -0.2) is 61.3 Å². The van der Waals surface area contributed by atoms with Gasteiger partial charge >= 0.3 is 0 Å². The molecule has 2 aromatic heterocycles. The Hall–Kier alpha value is -3.36. The third-order valence-corrected chi connectivity index (χ3v) is 12.2. The number of hydrogen-bond acceptors (Lipinski definition) is 8. The third-order valence-electron chi connectivity index (χ3n) is 9.91. The minimum absolute atomic E-state index is 0.0195. The fourth-order valence-corrected chi connectivity index (χ4v) is 9.88. The number of aliphatic imine (C=N–C) groups is 1. The maximum absolute atomic E-state index is 14.4. The first-order valence-electron chi connectivity index (χ1n) is 16.7. The van der Waals surface area contributed by atoms with Crippen molar-refractivity contribution in [1.29, 1.82) is 0 Å². The lowest BCUT2D eigenvalue weighted by molar-refractivity contribution is 0.0390. The molecule has 0 radical (unpaired) electrons. The summed E-state index contributed by atoms with van der Waals surface area (Å²) in [6, 6.07) is 13.8. The van der Waals surface area contributed by atoms with E-state index in [9.17, 15) is 15.0 Å². The standard InChI is InChI=1S/C37H49N5O3S2/c1-5-6-29-8-10-32(46-29)33-11-12-34(47-33)35(45)30-9-7-26(20-37(30)14-13-24(19-37)22-39-3)31(42-36(38)40-4)17-25-15-27(18-28(44)16-25)41-21-23(2)43/h8,10-12,15-16,18,23-24,26,30-31,39,41,43-44H,7,9,13-14,17,19-22H2,1-4H3,(H3,38,40,42)/t23-,24-,26-,30+,31-,37+/m0/s1. The Morgan fingerprint density at radius 3 is 2.66 bits per heavy atom. The summed E-state index contributed by atoms with van der Waals surface area (Å²) in [4.78, 5) is 22.8. The molecule has 1 aromatic carbocycles. The molecule has 2 heterocycles. The number of nitrogens with two attached hydrogens (primary N) is 1. The van der Waals surface area contributed by atoms with Crippen molar-refractivity contribution >= 4 is 40.1 Å². The Balaban J connectivity index is 1.40. The molecule has 3 aromatic rings. The Kier molecular flexibility index (Phi) is 11.7. The maximum atomic E-state index is 14.4. The van der Waals surface area contributed by atoms with Crippen molar-refractivity contribution in [2.45, 2.75) is 70.9 Å². The number of benzene rings is 1. The van der Waals surface area contributed by atoms with Crippen molar-refractivity contribution in [3.63, 3.8) is 0 Å². The average Bonchev–Trinajstić information content (AvgIpc) is 3.80. The molecule has 0 saturated heterocycles. The average molecular weight is 676 g/mol. The van der Waals surface area contributed by atoms with Gasteiger partial charge in [-0.25, -0.2) is 0 Å². The quantitative estimate of drug-likeness (QED) is 0.0592. The van der Waals surface area contributed by atoms with Gasteiger partial charge in [0.2, 0.25) is 0 Å². The fraction of sp³-hybridized carbons (Fsp3) is 0.514. The van der Waals surface area contributed by atoms with E-state index in [2.05, 4.69) is 51.0 Å². The van der Waals surface area contributed by atoms with Crippen LogP contribution in [0.4, 0.5) is 5.69 Å². The number of phenolic OH excluding ortho intramolecular Hbond substituents is 1. The number of phenols is 1. The van der Waals surface area contributed by atoms with E-state index >= 15 is 0 Å². The summed E-state index contributed by atoms with van der Waals surface area (Å²) >= 11 is 3.28. The van der Waals surface area contributed by atoms with Crippen molar-refractivity contribution in [3.8, 4) is 27.3 Å². The second-order valence-electron chi connectivity index (χ2n) is 13.4. The highest BCUT2D eigenvalue weighted by Crippen LogP contribution is 2.57. The number of guanidine groups is 1. The van der Waals surface area contributed by atoms with Gasteiger partial charge in [0.15, 0.2) is 11.7 Å². The smallest absolute Gasteiger partial charge is 0.188 e. The van der Waals surface area contributed by atoms with Crippen LogP contribution in [0.25, 0.3) is 9.75 Å². The summed E-state index contributed by atoms with van der Waals surface area (Å²) in [5.74, 6) is 7.76. The minimum atomic E-state index is -0.507. The molecule has 8 nitrogen and oxygen atoms in total. The maximum Gasteiger partial charge on any atom is 0.188 e. The normalized spacial score (nSPS) is 24.0. The highest BCUT2D eigenvalue weighted by Gasteiger charge is 2.52. The van der Waals surface area contributed by atoms with Crippen LogP contribution >= 0.6 is 22.7 Å². The van der Waals surface area contributed by atoms with Gasteiger partial charge in [-0.3, -0.25) is 9.79 Å². The lowest BCUT2D eigenvalue weighted by atomic mass is 9.58. The van der Waals surface area contributed by atoms with Crippen molar-refractivity contribution < 1.29 is 15.0 Å². The number of nitrogens with one attached hydrogen (secondary N) is 3. The number of ketones is 1. The van der Waals surface area contributed by atoms with Crippen LogP contribution in [-0.2, 0) is 6.42 Å². The zero-order valence-electron chi connectivity index (χ0n) is 27.9. The molecular weight excluding hydrogens is 627 g/mol. The summed E-state index contributed by atoms with van der Waals surface area (Å²) in [6.07, 6.45) is 6.00. The highest BCUT2D eigenvalue weighted by molar-refractivity contribution is 7.23. The number of nitrogens with zero attached hydrogens (tertiary/aromatic N) is 1. The largest absolute Gasteiger partial charge is 0.508 e. The molecule has 1 spiro atoms. The first-order valence-corrected chi connectivity index (χ1v) is 18.3. The number of aromatic hydroxyl groups is 1. The lowest BCUT2D eigenvalue weighted by Gasteiger charge is -2.46. The minimum Gasteiger partial charge on any atom is -0.508 e. The van der Waals surface area contributed by atoms with Gasteiger partial charge in [0.1, 0.15) is 5.75 Å². The molecule has 10 heteroatoms. The van der Waals surface area contributed by atoms with Crippen LogP contribution in [0.1, 0.15) is 72.5 Å². The molecule has 5 rings (SSSR count). The number of hydrogen-bond donors (Lipinski definition) is 6. The molecule has 0 bridgehead atoms. The summed E-state index contributed by atoms with van der Waals surface area (Å²) in [5.41, 5.74) is 7.94. The molecule has 252 valence electrons. The zero-order chi connectivity index (χ0) is 33.6. The number of thiophene rings is 2. The van der Waals surface area contributed by atoms with Crippen LogP contribution in [0, 0.1) is 35.0 Å². The van der Waals surface area contributed by atoms with Gasteiger partial charge < -0.3 is 31.9 Å². The molecule has 2 aliphatic rings. The van der Waals surface area contributed by atoms with Crippen LogP contribution in [0.3, 0.4) is 0 Å². The number of aliphatic hydroxyl groups is 1. The molecule has 2 aliphatic carbocycles. The number of aliphatic hydroxyl groups excluding tert-OH is 1. The molecule has 0 unspecified atom stereocenters. The molecule has 7 N–H and O–H groups in total. The van der Waals surface area contributed by atoms with Crippen molar-refractivity contribution in [1.82, 2.24) is 10.6 Å². The SMILES string of the molecule is CC#Cc1ccc(-c2ccc(C(=O)[C@H]3CC[C@H]([C@H](Cc4cc(O)cc(NC[C@H](C)O)c4)NC(N)=NC)C[C@]34CC[C@H](CNC)C4)s2)s1. The Morgan fingerprint density at radius 2 is 1.91 bits per heavy atom. The van der Waals surface area contributed by atoms with Gasteiger partial charge in [-0.2, -0.15) is 0 Å². The van der Waals surface area contributed by atoms with E-state index in [1.54, 1.807) is 48.8 Å². The summed E-state index contributed by atoms with van der Waals surface area (Å²) in [6.45, 7) is 4.93. The van der Waals surface area contributed by atoms with E-state index in [1.165, 1.54) is 0 Å². The van der Waals surface area contributed by atoms with E-state index in [-0.39, 0.29) is 34.8 Å². The number of carbonyl (C=O) groups is 1. The molecule has 2 saturated carbocycles. The second-order valence-corrected chi connectivity index (χ2v) is 15.5. The summed E-state index contributed by atoms with van der Waals surface area (Å²) in [7, 11) is 3.70. The molecular formula is C37H49N5O3S2. The van der Waals surface area contributed by atoms with Gasteiger partial charge in [0, 0.05) is 47.1 Å². The van der Waals surface area contributed by atoms with Gasteiger partial charge in [-0.1, -0.05) is 5.92 Å². The Bertz CT molecular complexity index is 1620. The summed E-state index contributed by atoms with van der Waals surface area (Å²) < 4.78 is 0. The van der Waals surface area contributed by atoms with Crippen molar-refractivity contribution in [2.24, 2.45) is 33.9 Å². The summed E-state index contributed by atoms with van der Waals surface area (Å²) in [5, 5.41) is 30.4. The highest BCUT2D eigenvalue weighted by atomic mass is 32.1. The third kappa shape index (κ3) is 8.57. The Morgan fingerprint density at radius 1 is 1.13 bits per heavy atom. The van der Waals surface area contributed by atoms with Crippen LogP contribution in [0.2, 0.25) is 0 Å². The number of carbonyl (C=O) groups excluding carboxylic acids is 1. The molecule has 6 atom stereocenters. The molecule has 0 aliphatic heterocycles. The predicted octanol–water partition coefficient (Wildman–Crippen LogP) is 6.10. The number of Topliss-reactive ketones (excluding diaryl/α,β-unsaturated/α-hetero) is 1. The topological polar surface area (TPSA) is 132 Å². The van der Waals surface area contributed by atoms with Crippen LogP contribution in [0.5, 0.6) is 5.75 Å². The molecule has 47 heavy (non-hydrogen) atoms. The lowest BCUT2D eigenvalue weighted by Crippen LogP contribution is -2.50. The first kappa shape index (κ1) is 35.0. The van der Waals surface area contributed by atoms with Gasteiger partial charge in [-0.05, 0) is 132 Å². The van der Waals surface area contributed by atoms with E-state index in [1.807, 2.05) is 26.1 Å². The van der Waals surface area contributed by atoms with E-state index in [4.69, 9.17) is 5.73 Å². The molecule has 2 fully saturated rings. The molecule has 0 amide bonds. The van der Waals surface area contributed by atoms with E-state index in [0.29, 0.717) is 24.8 Å². The van der Waals surface area contributed by atoms with Crippen molar-refractivity contribution in [2.75, 3.05) is 32.5 Å². The van der Waals surface area contributed by atoms with Gasteiger partial charge in [0.25, 0.3) is 0 Å². The van der Waals surface area contributed by atoms with Crippen LogP contribution in [0.15, 0.2) is 47.5 Å². The van der Waals surface area contributed by atoms with E-state index < -0.39 is 6.10 Å². The van der Waals surface area contributed by atoms with Crippen molar-refractivity contribution in [3.05, 3.63) is 57.8 Å². The van der Waals surface area contributed by atoms with Crippen LogP contribution < -0.4 is 21.7 Å². The second kappa shape index (κ2) is 15.7. The monoisotopic (exact) mass is 675 g/mol. The van der Waals surface area contributed by atoms with Gasteiger partial charge in [0.05, 0.1) is 15.9 Å². The Labute approximate surface area is 287 Å². The predicted molar refractivity (Wildman–Crippen MR) is 195 cm³/mol. The zero-order valence-corrected chi connectivity index (χ0v) is 29.6. The first-order chi connectivity index (χ1) is 22.6. The van der Waals surface area contributed by atoms with E-state index in [0.717, 1.165) is 75.8 Å².